The molecule has 0 heterocycles. The van der Waals surface area contributed by atoms with Gasteiger partial charge in [0.15, 0.2) is 0 Å². The van der Waals surface area contributed by atoms with E-state index in [0.717, 1.165) is 12.8 Å². The number of nitrogens with zero attached hydrogens (tertiary/aromatic N) is 4. The van der Waals surface area contributed by atoms with Crippen LogP contribution in [0.2, 0.25) is 0 Å². The normalized spacial score (nSPS) is 40.6. The van der Waals surface area contributed by atoms with Crippen LogP contribution in [0.5, 0.6) is 0 Å². The van der Waals surface area contributed by atoms with Crippen molar-refractivity contribution >= 4 is 0 Å². The Kier molecular flexibility index (Phi) is 2.87. The van der Waals surface area contributed by atoms with Gasteiger partial charge in [0.05, 0.1) is 22.7 Å². The van der Waals surface area contributed by atoms with Crippen LogP contribution in [0.1, 0.15) is 33.6 Å². The van der Waals surface area contributed by atoms with Crippen molar-refractivity contribution in [2.75, 3.05) is 14.1 Å². The smallest absolute Gasteiger partial charge is 0.0781 e. The summed E-state index contributed by atoms with van der Waals surface area (Å²) in [7, 11) is 3.40. The topological polar surface area (TPSA) is 65.3 Å². The lowest BCUT2D eigenvalue weighted by molar-refractivity contribution is 0.0243. The fourth-order valence-corrected chi connectivity index (χ4v) is 4.49. The highest BCUT2D eigenvalue weighted by Gasteiger charge is 2.68. The zero-order valence-electron chi connectivity index (χ0n) is 11.8. The van der Waals surface area contributed by atoms with Gasteiger partial charge in [-0.1, -0.05) is 20.8 Å². The fourth-order valence-electron chi connectivity index (χ4n) is 4.49. The van der Waals surface area contributed by atoms with Crippen LogP contribution in [0.3, 0.4) is 0 Å². The van der Waals surface area contributed by atoms with E-state index in [4.69, 9.17) is 0 Å². The Morgan fingerprint density at radius 3 is 2.11 bits per heavy atom. The Bertz CT molecular complexity index is 373. The molecule has 0 aliphatic heterocycles. The van der Waals surface area contributed by atoms with Gasteiger partial charge < -0.3 is 0 Å². The molecule has 18 heavy (non-hydrogen) atoms. The summed E-state index contributed by atoms with van der Waals surface area (Å²) in [5, 5.41) is 9.10. The lowest BCUT2D eigenvalue weighted by Crippen LogP contribution is -2.52. The standard InChI is InChI=1S/C12H22N4O2/c1-11(2)8-6-7-12(11,3)10(16(5)14-18)9(8)15(4)13-17/h8-10H,6-7H2,1-5H3/t8-,9+,10-,12+/m1/s1. The summed E-state index contributed by atoms with van der Waals surface area (Å²) in [5.74, 6) is 0.374. The van der Waals surface area contributed by atoms with E-state index in [1.54, 1.807) is 14.1 Å². The molecule has 2 rings (SSSR count). The largest absolute Gasteiger partial charge is 0.258 e. The van der Waals surface area contributed by atoms with Gasteiger partial charge in [-0.2, -0.15) is 0 Å². The van der Waals surface area contributed by atoms with Crippen LogP contribution < -0.4 is 0 Å². The Morgan fingerprint density at radius 2 is 1.61 bits per heavy atom. The van der Waals surface area contributed by atoms with E-state index in [1.165, 1.54) is 10.0 Å². The van der Waals surface area contributed by atoms with Crippen molar-refractivity contribution in [3.05, 3.63) is 9.81 Å². The number of likely N-dealkylation sites (N-methyl/N-ethyl adjacent to an activating group) is 2. The first-order valence-electron chi connectivity index (χ1n) is 6.43. The summed E-state index contributed by atoms with van der Waals surface area (Å²) in [6.07, 6.45) is 2.15. The second-order valence-corrected chi connectivity index (χ2v) is 6.53. The van der Waals surface area contributed by atoms with Crippen LogP contribution in [0.4, 0.5) is 0 Å². The van der Waals surface area contributed by atoms with Gasteiger partial charge in [-0.25, -0.2) is 0 Å². The van der Waals surface area contributed by atoms with Gasteiger partial charge in [-0.15, -0.1) is 9.81 Å². The van der Waals surface area contributed by atoms with Crippen LogP contribution in [-0.4, -0.2) is 36.2 Å². The van der Waals surface area contributed by atoms with Crippen LogP contribution >= 0.6 is 0 Å². The van der Waals surface area contributed by atoms with Crippen molar-refractivity contribution in [1.82, 2.24) is 10.0 Å². The van der Waals surface area contributed by atoms with Crippen molar-refractivity contribution in [2.45, 2.75) is 45.7 Å². The molecule has 102 valence electrons. The molecule has 2 fully saturated rings. The number of fused-ring (bicyclic) bond motifs is 2. The van der Waals surface area contributed by atoms with Gasteiger partial charge in [0, 0.05) is 14.1 Å². The molecule has 0 aromatic rings. The van der Waals surface area contributed by atoms with Crippen molar-refractivity contribution in [1.29, 1.82) is 0 Å². The van der Waals surface area contributed by atoms with Gasteiger partial charge >= 0.3 is 0 Å². The number of hydrogen-bond acceptors (Lipinski definition) is 4. The number of nitroso groups, excluding NO2 is 2. The molecule has 0 aromatic heterocycles. The highest BCUT2D eigenvalue weighted by Crippen LogP contribution is 2.67. The monoisotopic (exact) mass is 254 g/mol. The summed E-state index contributed by atoms with van der Waals surface area (Å²) in [4.78, 5) is 21.8. The van der Waals surface area contributed by atoms with Crippen LogP contribution in [-0.2, 0) is 0 Å². The van der Waals surface area contributed by atoms with Crippen LogP contribution in [0.15, 0.2) is 10.6 Å². The Hall–Kier alpha value is -1.20. The Balaban J connectivity index is 2.47. The van der Waals surface area contributed by atoms with Crippen LogP contribution in [0, 0.1) is 26.6 Å². The van der Waals surface area contributed by atoms with E-state index < -0.39 is 0 Å². The minimum atomic E-state index is -0.0496. The molecular formula is C12H22N4O2. The third-order valence-electron chi connectivity index (χ3n) is 5.85. The van der Waals surface area contributed by atoms with E-state index in [2.05, 4.69) is 31.3 Å². The molecule has 2 saturated carbocycles. The first kappa shape index (κ1) is 13.2. The molecule has 6 heteroatoms. The van der Waals surface area contributed by atoms with Gasteiger partial charge in [0.1, 0.15) is 0 Å². The zero-order valence-corrected chi connectivity index (χ0v) is 11.8. The summed E-state index contributed by atoms with van der Waals surface area (Å²) in [6, 6.07) is -0.0783. The summed E-state index contributed by atoms with van der Waals surface area (Å²) >= 11 is 0. The van der Waals surface area contributed by atoms with Crippen molar-refractivity contribution in [3.63, 3.8) is 0 Å². The highest BCUT2D eigenvalue weighted by molar-refractivity contribution is 5.19. The van der Waals surface area contributed by atoms with E-state index in [-0.39, 0.29) is 22.9 Å². The van der Waals surface area contributed by atoms with Crippen molar-refractivity contribution in [3.8, 4) is 0 Å². The Morgan fingerprint density at radius 1 is 1.06 bits per heavy atom. The average Bonchev–Trinajstić information content (AvgIpc) is 2.67. The van der Waals surface area contributed by atoms with E-state index >= 15 is 0 Å². The predicted molar refractivity (Wildman–Crippen MR) is 69.3 cm³/mol. The zero-order chi connectivity index (χ0) is 13.7. The van der Waals surface area contributed by atoms with Gasteiger partial charge in [0.25, 0.3) is 0 Å². The number of hydrogen-bond donors (Lipinski definition) is 0. The molecular weight excluding hydrogens is 232 g/mol. The molecule has 6 nitrogen and oxygen atoms in total. The molecule has 2 aliphatic carbocycles. The first-order chi connectivity index (χ1) is 8.31. The number of rotatable bonds is 4. The third-order valence-corrected chi connectivity index (χ3v) is 5.85. The van der Waals surface area contributed by atoms with Crippen LogP contribution in [0.25, 0.3) is 0 Å². The minimum absolute atomic E-state index is 0.00998. The maximum Gasteiger partial charge on any atom is 0.0781 e. The fraction of sp³-hybridized carbons (Fsp3) is 1.00. The van der Waals surface area contributed by atoms with Gasteiger partial charge in [0.2, 0.25) is 0 Å². The summed E-state index contributed by atoms with van der Waals surface area (Å²) in [6.45, 7) is 6.67. The second kappa shape index (κ2) is 3.90. The SMILES string of the molecule is CN(N=O)[C@H]1[C@H]2CC[C@@](C)([C@@H]1N(C)N=O)C2(C)C. The lowest BCUT2D eigenvalue weighted by atomic mass is 9.69. The Labute approximate surface area is 108 Å². The molecule has 2 aliphatic rings. The maximum atomic E-state index is 10.9. The molecule has 0 aromatic carbocycles. The van der Waals surface area contributed by atoms with Crippen molar-refractivity contribution in [2.24, 2.45) is 27.3 Å². The highest BCUT2D eigenvalue weighted by atomic mass is 16.3. The second-order valence-electron chi connectivity index (χ2n) is 6.53. The molecule has 2 bridgehead atoms. The molecule has 0 saturated heterocycles. The van der Waals surface area contributed by atoms with E-state index in [1.807, 2.05) is 0 Å². The molecule has 0 amide bonds. The van der Waals surface area contributed by atoms with Crippen molar-refractivity contribution < 1.29 is 0 Å². The quantitative estimate of drug-likeness (QED) is 0.571. The molecule has 0 unspecified atom stereocenters. The summed E-state index contributed by atoms with van der Waals surface area (Å²) < 4.78 is 0. The molecule has 4 atom stereocenters. The minimum Gasteiger partial charge on any atom is -0.258 e. The predicted octanol–water partition coefficient (Wildman–Crippen LogP) is 2.41. The maximum absolute atomic E-state index is 10.9. The molecule has 0 N–H and O–H groups in total. The van der Waals surface area contributed by atoms with Gasteiger partial charge in [-0.3, -0.25) is 10.0 Å². The lowest BCUT2D eigenvalue weighted by Gasteiger charge is -2.43. The first-order valence-corrected chi connectivity index (χ1v) is 6.43. The van der Waals surface area contributed by atoms with E-state index in [0.29, 0.717) is 5.92 Å². The average molecular weight is 254 g/mol. The van der Waals surface area contributed by atoms with E-state index in [9.17, 15) is 9.81 Å². The third kappa shape index (κ3) is 1.34. The summed E-state index contributed by atoms with van der Waals surface area (Å²) in [5.41, 5.74) is 0.0736. The van der Waals surface area contributed by atoms with Gasteiger partial charge in [-0.05, 0) is 29.6 Å². The molecule has 0 radical (unpaired) electrons. The molecule has 0 spiro atoms.